The Bertz CT molecular complexity index is 986. The summed E-state index contributed by atoms with van der Waals surface area (Å²) < 4.78 is 5.25. The summed E-state index contributed by atoms with van der Waals surface area (Å²) in [5, 5.41) is 17.6. The third-order valence-corrected chi connectivity index (χ3v) is 4.81. The molecule has 0 aliphatic carbocycles. The number of nitro benzene ring substituents is 1. The Morgan fingerprint density at radius 3 is 2.85 bits per heavy atom. The molecule has 0 saturated carbocycles. The minimum atomic E-state index is -0.529. The molecule has 3 aromatic rings. The predicted octanol–water partition coefficient (Wildman–Crippen LogP) is 2.89. The van der Waals surface area contributed by atoms with Gasteiger partial charge in [0, 0.05) is 41.7 Å². The van der Waals surface area contributed by atoms with E-state index in [1.54, 1.807) is 6.07 Å². The summed E-state index contributed by atoms with van der Waals surface area (Å²) in [5.74, 6) is -0.0273. The SMILES string of the molecule is COc1ccc([N+](=O)[O-])c2c(C(=O)NCCc3nc(C)cs3)nccc12. The molecular formula is C17H16N4O4S. The van der Waals surface area contributed by atoms with Crippen molar-refractivity contribution >= 4 is 33.7 Å². The number of nitrogens with one attached hydrogen (secondary N) is 1. The number of rotatable bonds is 6. The van der Waals surface area contributed by atoms with Gasteiger partial charge in [0.05, 0.1) is 22.4 Å². The van der Waals surface area contributed by atoms with E-state index in [0.717, 1.165) is 10.7 Å². The van der Waals surface area contributed by atoms with Crippen LogP contribution >= 0.6 is 11.3 Å². The van der Waals surface area contributed by atoms with Crippen LogP contribution in [0.5, 0.6) is 5.75 Å². The number of non-ortho nitro benzene ring substituents is 1. The molecule has 2 aromatic heterocycles. The van der Waals surface area contributed by atoms with Crippen molar-refractivity contribution in [2.45, 2.75) is 13.3 Å². The number of amides is 1. The standard InChI is InChI=1S/C17H16N4O4S/c1-10-9-26-14(20-10)6-8-19-17(22)16-15-11(5-7-18-16)13(25-2)4-3-12(15)21(23)24/h3-5,7,9H,6,8H2,1-2H3,(H,19,22). The van der Waals surface area contributed by atoms with Gasteiger partial charge in [-0.15, -0.1) is 11.3 Å². The maximum absolute atomic E-state index is 12.6. The summed E-state index contributed by atoms with van der Waals surface area (Å²) >= 11 is 1.53. The molecule has 1 N–H and O–H groups in total. The topological polar surface area (TPSA) is 107 Å². The predicted molar refractivity (Wildman–Crippen MR) is 97.8 cm³/mol. The first-order valence-corrected chi connectivity index (χ1v) is 8.68. The number of aromatic nitrogens is 2. The molecule has 3 rings (SSSR count). The van der Waals surface area contributed by atoms with Crippen molar-refractivity contribution in [1.29, 1.82) is 0 Å². The van der Waals surface area contributed by atoms with Gasteiger partial charge in [-0.1, -0.05) is 0 Å². The third kappa shape index (κ3) is 3.47. The molecule has 0 saturated heterocycles. The van der Waals surface area contributed by atoms with Gasteiger partial charge in [0.2, 0.25) is 0 Å². The first-order valence-electron chi connectivity index (χ1n) is 7.80. The van der Waals surface area contributed by atoms with Crippen LogP contribution in [0, 0.1) is 17.0 Å². The number of nitro groups is 1. The van der Waals surface area contributed by atoms with Crippen molar-refractivity contribution in [3.8, 4) is 5.75 Å². The number of aryl methyl sites for hydroxylation is 1. The summed E-state index contributed by atoms with van der Waals surface area (Å²) in [5.41, 5.74) is 0.757. The van der Waals surface area contributed by atoms with Crippen LogP contribution in [0.3, 0.4) is 0 Å². The van der Waals surface area contributed by atoms with Crippen LogP contribution in [0.4, 0.5) is 5.69 Å². The second-order valence-corrected chi connectivity index (χ2v) is 6.46. The van der Waals surface area contributed by atoms with E-state index in [9.17, 15) is 14.9 Å². The number of nitrogens with zero attached hydrogens (tertiary/aromatic N) is 3. The Morgan fingerprint density at radius 1 is 1.38 bits per heavy atom. The second-order valence-electron chi connectivity index (χ2n) is 5.51. The van der Waals surface area contributed by atoms with Crippen LogP contribution in [0.15, 0.2) is 29.8 Å². The first kappa shape index (κ1) is 17.7. The van der Waals surface area contributed by atoms with Crippen molar-refractivity contribution < 1.29 is 14.5 Å². The largest absolute Gasteiger partial charge is 0.496 e. The molecule has 1 aromatic carbocycles. The molecule has 0 aliphatic rings. The lowest BCUT2D eigenvalue weighted by Crippen LogP contribution is -2.27. The van der Waals surface area contributed by atoms with Gasteiger partial charge < -0.3 is 10.1 Å². The van der Waals surface area contributed by atoms with E-state index >= 15 is 0 Å². The number of methoxy groups -OCH3 is 1. The van der Waals surface area contributed by atoms with E-state index in [2.05, 4.69) is 15.3 Å². The zero-order valence-corrected chi connectivity index (χ0v) is 15.0. The fraction of sp³-hybridized carbons (Fsp3) is 0.235. The van der Waals surface area contributed by atoms with Crippen LogP contribution in [-0.4, -0.2) is 34.5 Å². The Hall–Kier alpha value is -3.07. The first-order chi connectivity index (χ1) is 12.5. The van der Waals surface area contributed by atoms with Gasteiger partial charge in [0.1, 0.15) is 11.4 Å². The number of fused-ring (bicyclic) bond motifs is 1. The Balaban J connectivity index is 1.90. The van der Waals surface area contributed by atoms with Gasteiger partial charge in [-0.05, 0) is 19.1 Å². The van der Waals surface area contributed by atoms with E-state index in [1.807, 2.05) is 12.3 Å². The van der Waals surface area contributed by atoms with Crippen LogP contribution in [0.25, 0.3) is 10.8 Å². The molecule has 8 nitrogen and oxygen atoms in total. The minimum Gasteiger partial charge on any atom is -0.496 e. The highest BCUT2D eigenvalue weighted by atomic mass is 32.1. The number of hydrogen-bond donors (Lipinski definition) is 1. The summed E-state index contributed by atoms with van der Waals surface area (Å²) in [6, 6.07) is 4.42. The fourth-order valence-corrected chi connectivity index (χ4v) is 3.42. The van der Waals surface area contributed by atoms with Crippen LogP contribution in [-0.2, 0) is 6.42 Å². The number of ether oxygens (including phenoxy) is 1. The molecule has 134 valence electrons. The van der Waals surface area contributed by atoms with E-state index in [4.69, 9.17) is 4.74 Å². The smallest absolute Gasteiger partial charge is 0.279 e. The van der Waals surface area contributed by atoms with Gasteiger partial charge in [-0.3, -0.25) is 19.9 Å². The molecule has 26 heavy (non-hydrogen) atoms. The van der Waals surface area contributed by atoms with E-state index < -0.39 is 10.8 Å². The lowest BCUT2D eigenvalue weighted by atomic mass is 10.1. The zero-order chi connectivity index (χ0) is 18.7. The molecule has 1 amide bonds. The molecule has 9 heteroatoms. The maximum atomic E-state index is 12.6. The van der Waals surface area contributed by atoms with E-state index in [-0.39, 0.29) is 16.8 Å². The van der Waals surface area contributed by atoms with Gasteiger partial charge in [-0.2, -0.15) is 0 Å². The monoisotopic (exact) mass is 372 g/mol. The summed E-state index contributed by atoms with van der Waals surface area (Å²) in [6.07, 6.45) is 2.02. The van der Waals surface area contributed by atoms with Gasteiger partial charge in [-0.25, -0.2) is 4.98 Å². The maximum Gasteiger partial charge on any atom is 0.279 e. The zero-order valence-electron chi connectivity index (χ0n) is 14.2. The summed E-state index contributed by atoms with van der Waals surface area (Å²) in [6.45, 7) is 2.27. The number of thiazole rings is 1. The normalized spacial score (nSPS) is 10.7. The molecule has 0 spiro atoms. The van der Waals surface area contributed by atoms with Crippen molar-refractivity contribution in [3.05, 3.63) is 56.3 Å². The van der Waals surface area contributed by atoms with Crippen molar-refractivity contribution in [2.24, 2.45) is 0 Å². The third-order valence-electron chi connectivity index (χ3n) is 3.79. The van der Waals surface area contributed by atoms with Gasteiger partial charge in [0.15, 0.2) is 0 Å². The minimum absolute atomic E-state index is 0.00317. The summed E-state index contributed by atoms with van der Waals surface area (Å²) in [4.78, 5) is 31.8. The molecule has 0 aliphatic heterocycles. The molecule has 0 bridgehead atoms. The van der Waals surface area contributed by atoms with Crippen molar-refractivity contribution in [3.63, 3.8) is 0 Å². The van der Waals surface area contributed by atoms with E-state index in [1.165, 1.54) is 36.8 Å². The number of pyridine rings is 1. The lowest BCUT2D eigenvalue weighted by molar-refractivity contribution is -0.383. The molecule has 0 radical (unpaired) electrons. The lowest BCUT2D eigenvalue weighted by Gasteiger charge is -2.10. The quantitative estimate of drug-likeness (QED) is 0.527. The second kappa shape index (κ2) is 7.44. The summed E-state index contributed by atoms with van der Waals surface area (Å²) in [7, 11) is 1.47. The Labute approximate surface area is 153 Å². The highest BCUT2D eigenvalue weighted by Gasteiger charge is 2.22. The van der Waals surface area contributed by atoms with Crippen LogP contribution < -0.4 is 10.1 Å². The molecule has 0 atom stereocenters. The van der Waals surface area contributed by atoms with Crippen LogP contribution in [0.1, 0.15) is 21.2 Å². The molecule has 0 unspecified atom stereocenters. The van der Waals surface area contributed by atoms with Gasteiger partial charge >= 0.3 is 0 Å². The van der Waals surface area contributed by atoms with E-state index in [0.29, 0.717) is 24.1 Å². The van der Waals surface area contributed by atoms with Crippen molar-refractivity contribution in [2.75, 3.05) is 13.7 Å². The number of benzene rings is 1. The van der Waals surface area contributed by atoms with Crippen molar-refractivity contribution in [1.82, 2.24) is 15.3 Å². The number of hydrogen-bond acceptors (Lipinski definition) is 7. The molecule has 0 fully saturated rings. The van der Waals surface area contributed by atoms with Crippen LogP contribution in [0.2, 0.25) is 0 Å². The molecular weight excluding hydrogens is 356 g/mol. The Kier molecular flexibility index (Phi) is 5.08. The highest BCUT2D eigenvalue weighted by Crippen LogP contribution is 2.34. The number of carbonyl (C=O) groups excluding carboxylic acids is 1. The number of carbonyl (C=O) groups is 1. The van der Waals surface area contributed by atoms with Gasteiger partial charge in [0.25, 0.3) is 11.6 Å². The molecule has 2 heterocycles. The Morgan fingerprint density at radius 2 is 2.19 bits per heavy atom. The fourth-order valence-electron chi connectivity index (χ4n) is 2.64. The average molecular weight is 372 g/mol. The highest BCUT2D eigenvalue weighted by molar-refractivity contribution is 7.09. The average Bonchev–Trinajstić information content (AvgIpc) is 3.05.